The number of thioether (sulfide) groups is 1. The highest BCUT2D eigenvalue weighted by molar-refractivity contribution is 7.98. The lowest BCUT2D eigenvalue weighted by Gasteiger charge is -1.99. The Balaban J connectivity index is 2.46. The van der Waals surface area contributed by atoms with E-state index in [-0.39, 0.29) is 0 Å². The molecule has 6 heteroatoms. The molecule has 0 atom stereocenters. The summed E-state index contributed by atoms with van der Waals surface area (Å²) in [4.78, 5) is 0. The van der Waals surface area contributed by atoms with Crippen molar-refractivity contribution in [2.75, 3.05) is 12.0 Å². The number of nitrogen functional groups attached to an aromatic ring is 1. The van der Waals surface area contributed by atoms with Crippen LogP contribution in [0, 0.1) is 0 Å². The van der Waals surface area contributed by atoms with Crippen LogP contribution in [0.15, 0.2) is 29.4 Å². The van der Waals surface area contributed by atoms with E-state index in [1.807, 2.05) is 6.26 Å². The molecule has 0 amide bonds. The van der Waals surface area contributed by atoms with Crippen LogP contribution in [0.3, 0.4) is 0 Å². The summed E-state index contributed by atoms with van der Waals surface area (Å²) in [7, 11) is 0. The molecule has 2 aromatic rings. The van der Waals surface area contributed by atoms with Crippen LogP contribution in [0.5, 0.6) is 0 Å². The summed E-state index contributed by atoms with van der Waals surface area (Å²) in [6, 6.07) is 5.40. The number of hydrogen-bond donors (Lipinski definition) is 1. The van der Waals surface area contributed by atoms with Crippen molar-refractivity contribution in [3.8, 4) is 5.82 Å². The second-order valence-corrected chi connectivity index (χ2v) is 3.43. The summed E-state index contributed by atoms with van der Waals surface area (Å²) in [5.74, 6) is 1.19. The molecule has 0 unspecified atom stereocenters. The van der Waals surface area contributed by atoms with Crippen molar-refractivity contribution < 1.29 is 0 Å². The maximum atomic E-state index is 5.77. The molecule has 0 saturated heterocycles. The number of hydrogen-bond acceptors (Lipinski definition) is 5. The van der Waals surface area contributed by atoms with Crippen molar-refractivity contribution in [1.82, 2.24) is 20.0 Å². The molecule has 0 aliphatic rings. The Morgan fingerprint density at radius 1 is 1.50 bits per heavy atom. The predicted octanol–water partition coefficient (Wildman–Crippen LogP) is 0.966. The van der Waals surface area contributed by atoms with Gasteiger partial charge in [-0.05, 0) is 18.4 Å². The van der Waals surface area contributed by atoms with E-state index < -0.39 is 0 Å². The second kappa shape index (κ2) is 3.67. The summed E-state index contributed by atoms with van der Waals surface area (Å²) in [5, 5.41) is 12.8. The van der Waals surface area contributed by atoms with E-state index in [4.69, 9.17) is 5.73 Å². The fraction of sp³-hybridized carbons (Fsp3) is 0.125. The van der Waals surface area contributed by atoms with Gasteiger partial charge in [-0.15, -0.1) is 16.9 Å². The summed E-state index contributed by atoms with van der Waals surface area (Å²) in [6.07, 6.45) is 3.56. The third-order valence-corrected chi connectivity index (χ3v) is 2.32. The third kappa shape index (κ3) is 1.56. The second-order valence-electron chi connectivity index (χ2n) is 2.61. The first kappa shape index (κ1) is 9.01. The first-order valence-corrected chi connectivity index (χ1v) is 5.21. The molecule has 0 aromatic carbocycles. The Morgan fingerprint density at radius 3 is 2.93 bits per heavy atom. The average Bonchev–Trinajstić information content (AvgIpc) is 2.61. The predicted molar refractivity (Wildman–Crippen MR) is 55.3 cm³/mol. The molecule has 0 aliphatic carbocycles. The highest BCUT2D eigenvalue weighted by atomic mass is 32.2. The molecule has 0 spiro atoms. The highest BCUT2D eigenvalue weighted by Crippen LogP contribution is 2.18. The zero-order valence-electron chi connectivity index (χ0n) is 7.58. The van der Waals surface area contributed by atoms with Crippen molar-refractivity contribution in [3.63, 3.8) is 0 Å². The van der Waals surface area contributed by atoms with Gasteiger partial charge in [-0.2, -0.15) is 14.9 Å². The topological polar surface area (TPSA) is 69.6 Å². The fourth-order valence-corrected chi connectivity index (χ4v) is 1.46. The van der Waals surface area contributed by atoms with Crippen LogP contribution in [0.4, 0.5) is 5.82 Å². The van der Waals surface area contributed by atoms with Crippen LogP contribution in [-0.4, -0.2) is 26.2 Å². The zero-order valence-corrected chi connectivity index (χ0v) is 8.40. The van der Waals surface area contributed by atoms with E-state index in [9.17, 15) is 0 Å². The Kier molecular flexibility index (Phi) is 2.36. The summed E-state index contributed by atoms with van der Waals surface area (Å²) in [5.41, 5.74) is 5.77. The molecular formula is C8H9N5S. The molecule has 2 aromatic heterocycles. The quantitative estimate of drug-likeness (QED) is 0.743. The van der Waals surface area contributed by atoms with Gasteiger partial charge in [0.05, 0.1) is 0 Å². The maximum absolute atomic E-state index is 5.77. The molecule has 2 heterocycles. The van der Waals surface area contributed by atoms with Gasteiger partial charge in [-0.25, -0.2) is 0 Å². The van der Waals surface area contributed by atoms with Crippen LogP contribution < -0.4 is 5.73 Å². The molecule has 5 nitrogen and oxygen atoms in total. The van der Waals surface area contributed by atoms with Crippen molar-refractivity contribution in [2.45, 2.75) is 5.03 Å². The molecule has 14 heavy (non-hydrogen) atoms. The number of rotatable bonds is 2. The Hall–Kier alpha value is -1.56. The van der Waals surface area contributed by atoms with E-state index in [1.165, 1.54) is 11.8 Å². The van der Waals surface area contributed by atoms with Gasteiger partial charge >= 0.3 is 0 Å². The number of nitrogens with zero attached hydrogens (tertiary/aromatic N) is 4. The molecule has 72 valence electrons. The lowest BCUT2D eigenvalue weighted by atomic mass is 10.5. The number of nitrogens with two attached hydrogens (primary N) is 1. The lowest BCUT2D eigenvalue weighted by molar-refractivity contribution is 0.794. The standard InChI is InChI=1S/C8H9N5S/c1-14-8-5-6(9)13(12-8)7-3-2-4-10-11-7/h2-5H,9H2,1H3. The molecule has 0 saturated carbocycles. The molecule has 2 N–H and O–H groups in total. The minimum atomic E-state index is 0.565. The normalized spacial score (nSPS) is 10.4. The van der Waals surface area contributed by atoms with Crippen LogP contribution >= 0.6 is 11.8 Å². The van der Waals surface area contributed by atoms with Crippen LogP contribution in [-0.2, 0) is 0 Å². The molecular weight excluding hydrogens is 198 g/mol. The van der Waals surface area contributed by atoms with Crippen molar-refractivity contribution in [1.29, 1.82) is 0 Å². The fourth-order valence-electron chi connectivity index (χ4n) is 1.06. The smallest absolute Gasteiger partial charge is 0.178 e. The first-order chi connectivity index (χ1) is 6.81. The molecule has 0 radical (unpaired) electrons. The van der Waals surface area contributed by atoms with E-state index in [2.05, 4.69) is 15.3 Å². The Morgan fingerprint density at radius 2 is 2.36 bits per heavy atom. The van der Waals surface area contributed by atoms with Gasteiger partial charge in [-0.1, -0.05) is 0 Å². The van der Waals surface area contributed by atoms with Crippen molar-refractivity contribution >= 4 is 17.6 Å². The largest absolute Gasteiger partial charge is 0.383 e. The Bertz CT molecular complexity index is 425. The minimum absolute atomic E-state index is 0.565. The first-order valence-electron chi connectivity index (χ1n) is 3.99. The van der Waals surface area contributed by atoms with Gasteiger partial charge in [0, 0.05) is 12.3 Å². The van der Waals surface area contributed by atoms with Gasteiger partial charge in [0.25, 0.3) is 0 Å². The van der Waals surface area contributed by atoms with Gasteiger partial charge < -0.3 is 5.73 Å². The Labute approximate surface area is 85.3 Å². The molecule has 0 bridgehead atoms. The highest BCUT2D eigenvalue weighted by Gasteiger charge is 2.06. The van der Waals surface area contributed by atoms with Crippen molar-refractivity contribution in [3.05, 3.63) is 24.4 Å². The summed E-state index contributed by atoms with van der Waals surface area (Å²) in [6.45, 7) is 0. The van der Waals surface area contributed by atoms with Crippen LogP contribution in [0.25, 0.3) is 5.82 Å². The van der Waals surface area contributed by atoms with Crippen LogP contribution in [0.1, 0.15) is 0 Å². The van der Waals surface area contributed by atoms with E-state index in [0.717, 1.165) is 5.03 Å². The maximum Gasteiger partial charge on any atom is 0.178 e. The molecule has 0 aliphatic heterocycles. The average molecular weight is 207 g/mol. The van der Waals surface area contributed by atoms with Gasteiger partial charge in [0.15, 0.2) is 5.82 Å². The summed E-state index contributed by atoms with van der Waals surface area (Å²) < 4.78 is 1.57. The van der Waals surface area contributed by atoms with E-state index >= 15 is 0 Å². The van der Waals surface area contributed by atoms with Gasteiger partial charge in [0.2, 0.25) is 0 Å². The van der Waals surface area contributed by atoms with Crippen LogP contribution in [0.2, 0.25) is 0 Å². The van der Waals surface area contributed by atoms with E-state index in [1.54, 1.807) is 29.1 Å². The van der Waals surface area contributed by atoms with E-state index in [0.29, 0.717) is 11.6 Å². The lowest BCUT2D eigenvalue weighted by Crippen LogP contribution is -2.04. The SMILES string of the molecule is CSc1cc(N)n(-c2cccnn2)n1. The minimum Gasteiger partial charge on any atom is -0.383 e. The third-order valence-electron chi connectivity index (χ3n) is 1.70. The van der Waals surface area contributed by atoms with Gasteiger partial charge in [-0.3, -0.25) is 0 Å². The number of aromatic nitrogens is 4. The summed E-state index contributed by atoms with van der Waals surface area (Å²) >= 11 is 1.54. The monoisotopic (exact) mass is 207 g/mol. The number of anilines is 1. The van der Waals surface area contributed by atoms with Gasteiger partial charge in [0.1, 0.15) is 10.8 Å². The molecule has 0 fully saturated rings. The molecule has 2 rings (SSSR count). The zero-order chi connectivity index (χ0) is 9.97. The van der Waals surface area contributed by atoms with Crippen molar-refractivity contribution in [2.24, 2.45) is 0 Å².